The van der Waals surface area contributed by atoms with Crippen LogP contribution >= 0.6 is 11.3 Å². The Hall–Kier alpha value is -2.47. The molecule has 1 aromatic heterocycles. The summed E-state index contributed by atoms with van der Waals surface area (Å²) < 4.78 is 5.83. The molecule has 0 bridgehead atoms. The van der Waals surface area contributed by atoms with Gasteiger partial charge in [0, 0.05) is 17.9 Å². The maximum atomic E-state index is 12.9. The first-order valence-corrected chi connectivity index (χ1v) is 11.1. The third-order valence-electron chi connectivity index (χ3n) is 5.24. The van der Waals surface area contributed by atoms with Gasteiger partial charge in [-0.2, -0.15) is 0 Å². The predicted molar refractivity (Wildman–Crippen MR) is 118 cm³/mol. The topological polar surface area (TPSA) is 42.8 Å². The number of nitrogens with one attached hydrogen (secondary N) is 2. The number of amides is 1. The molecule has 1 unspecified atom stereocenters. The first-order chi connectivity index (χ1) is 14.3. The van der Waals surface area contributed by atoms with E-state index in [1.165, 1.54) is 9.78 Å². The van der Waals surface area contributed by atoms with Crippen molar-refractivity contribution in [3.05, 3.63) is 77.0 Å². The second-order valence-corrected chi connectivity index (χ2v) is 8.51. The number of benzene rings is 2. The van der Waals surface area contributed by atoms with Crippen molar-refractivity contribution in [2.75, 3.05) is 25.0 Å². The van der Waals surface area contributed by atoms with Crippen molar-refractivity contribution in [1.29, 1.82) is 0 Å². The molecule has 0 spiro atoms. The molecule has 1 amide bonds. The number of thiophene rings is 1. The van der Waals surface area contributed by atoms with Crippen molar-refractivity contribution in [3.63, 3.8) is 0 Å². The van der Waals surface area contributed by atoms with E-state index in [1.54, 1.807) is 11.3 Å². The largest absolute Gasteiger partial charge is 0.372 e. The molecule has 0 aliphatic carbocycles. The molecule has 2 atom stereocenters. The van der Waals surface area contributed by atoms with E-state index in [2.05, 4.69) is 35.0 Å². The molecule has 29 heavy (non-hydrogen) atoms. The first-order valence-electron chi connectivity index (χ1n) is 10.2. The van der Waals surface area contributed by atoms with Gasteiger partial charge in [0.2, 0.25) is 0 Å². The summed E-state index contributed by atoms with van der Waals surface area (Å²) >= 11 is 1.75. The van der Waals surface area contributed by atoms with E-state index >= 15 is 0 Å². The number of carbonyl (C=O) groups is 1. The van der Waals surface area contributed by atoms with Crippen LogP contribution in [0.4, 0.5) is 5.69 Å². The number of para-hydroxylation sites is 1. The lowest BCUT2D eigenvalue weighted by molar-refractivity contribution is -0.908. The third kappa shape index (κ3) is 5.54. The van der Waals surface area contributed by atoms with Gasteiger partial charge in [0.05, 0.1) is 4.88 Å². The van der Waals surface area contributed by atoms with E-state index in [4.69, 9.17) is 4.74 Å². The van der Waals surface area contributed by atoms with Gasteiger partial charge >= 0.3 is 0 Å². The number of rotatable bonds is 8. The van der Waals surface area contributed by atoms with Crippen LogP contribution in [0.5, 0.6) is 0 Å². The smallest absolute Gasteiger partial charge is 0.279 e. The van der Waals surface area contributed by atoms with Crippen LogP contribution in [-0.2, 0) is 16.1 Å². The molecule has 0 radical (unpaired) electrons. The molecule has 2 aromatic carbocycles. The predicted octanol–water partition coefficient (Wildman–Crippen LogP) is 3.62. The van der Waals surface area contributed by atoms with Crippen molar-refractivity contribution < 1.29 is 14.4 Å². The third-order valence-corrected chi connectivity index (χ3v) is 6.12. The van der Waals surface area contributed by atoms with E-state index in [9.17, 15) is 4.79 Å². The maximum Gasteiger partial charge on any atom is 0.279 e. The summed E-state index contributed by atoms with van der Waals surface area (Å²) in [5.74, 6) is 0.0398. The summed E-state index contributed by atoms with van der Waals surface area (Å²) in [6, 6.07) is 22.4. The zero-order valence-corrected chi connectivity index (χ0v) is 17.3. The van der Waals surface area contributed by atoms with E-state index in [0.717, 1.165) is 49.4 Å². The SMILES string of the molecule is O=C(C[NH+](Cc1cccs1)C[C@H]1CCCO1)Nc1ccccc1-c1ccccc1. The zero-order valence-electron chi connectivity index (χ0n) is 16.5. The zero-order chi connectivity index (χ0) is 19.9. The fourth-order valence-corrected chi connectivity index (χ4v) is 4.65. The van der Waals surface area contributed by atoms with Crippen molar-refractivity contribution in [2.45, 2.75) is 25.5 Å². The highest BCUT2D eigenvalue weighted by Crippen LogP contribution is 2.27. The molecule has 150 valence electrons. The summed E-state index contributed by atoms with van der Waals surface area (Å²) in [7, 11) is 0. The van der Waals surface area contributed by atoms with Crippen molar-refractivity contribution in [3.8, 4) is 11.1 Å². The number of ether oxygens (including phenoxy) is 1. The second kappa shape index (κ2) is 9.83. The maximum absolute atomic E-state index is 12.9. The number of hydrogen-bond donors (Lipinski definition) is 2. The van der Waals surface area contributed by atoms with Crippen LogP contribution in [0.3, 0.4) is 0 Å². The van der Waals surface area contributed by atoms with Crippen molar-refractivity contribution in [1.82, 2.24) is 0 Å². The molecule has 0 saturated carbocycles. The quantitative estimate of drug-likeness (QED) is 0.599. The highest BCUT2D eigenvalue weighted by molar-refractivity contribution is 7.09. The number of quaternary nitrogens is 1. The van der Waals surface area contributed by atoms with Crippen LogP contribution < -0.4 is 10.2 Å². The Balaban J connectivity index is 1.45. The molecular weight excluding hydrogens is 380 g/mol. The van der Waals surface area contributed by atoms with Crippen molar-refractivity contribution >= 4 is 22.9 Å². The average molecular weight is 408 g/mol. The minimum atomic E-state index is 0.0398. The van der Waals surface area contributed by atoms with Gasteiger partial charge in [-0.05, 0) is 35.9 Å². The van der Waals surface area contributed by atoms with E-state index in [-0.39, 0.29) is 12.0 Å². The second-order valence-electron chi connectivity index (χ2n) is 7.48. The molecule has 1 aliphatic heterocycles. The van der Waals surface area contributed by atoms with Crippen LogP contribution in [0, 0.1) is 0 Å². The van der Waals surface area contributed by atoms with Crippen LogP contribution in [-0.4, -0.2) is 31.7 Å². The minimum absolute atomic E-state index is 0.0398. The Morgan fingerprint density at radius 3 is 2.66 bits per heavy atom. The summed E-state index contributed by atoms with van der Waals surface area (Å²) in [5.41, 5.74) is 3.00. The summed E-state index contributed by atoms with van der Waals surface area (Å²) in [6.45, 7) is 2.99. The van der Waals surface area contributed by atoms with Gasteiger partial charge in [0.25, 0.3) is 5.91 Å². The molecule has 2 heterocycles. The monoisotopic (exact) mass is 407 g/mol. The molecule has 2 N–H and O–H groups in total. The Morgan fingerprint density at radius 2 is 1.90 bits per heavy atom. The highest BCUT2D eigenvalue weighted by Gasteiger charge is 2.24. The van der Waals surface area contributed by atoms with Crippen molar-refractivity contribution in [2.24, 2.45) is 0 Å². The standard InChI is InChI=1S/C24H26N2O2S/c27-24(25-23-13-5-4-12-22(23)19-8-2-1-3-9-19)18-26(16-20-10-6-14-28-20)17-21-11-7-15-29-21/h1-5,7-9,11-13,15,20H,6,10,14,16-18H2,(H,25,27)/p+1/t20-/m1/s1. The summed E-state index contributed by atoms with van der Waals surface area (Å²) in [4.78, 5) is 15.5. The van der Waals surface area contributed by atoms with E-state index in [0.29, 0.717) is 6.54 Å². The van der Waals surface area contributed by atoms with Crippen LogP contribution in [0.25, 0.3) is 11.1 Å². The molecule has 4 rings (SSSR count). The normalized spacial score (nSPS) is 17.2. The van der Waals surface area contributed by atoms with E-state index in [1.807, 2.05) is 42.5 Å². The molecule has 1 fully saturated rings. The molecule has 1 saturated heterocycles. The van der Waals surface area contributed by atoms with Gasteiger partial charge in [-0.25, -0.2) is 0 Å². The lowest BCUT2D eigenvalue weighted by atomic mass is 10.0. The van der Waals surface area contributed by atoms with Crippen LogP contribution in [0.1, 0.15) is 17.7 Å². The lowest BCUT2D eigenvalue weighted by Gasteiger charge is -2.22. The molecule has 4 nitrogen and oxygen atoms in total. The Kier molecular flexibility index (Phi) is 6.72. The van der Waals surface area contributed by atoms with Gasteiger partial charge in [-0.3, -0.25) is 4.79 Å². The minimum Gasteiger partial charge on any atom is -0.372 e. The molecule has 5 heteroatoms. The first kappa shape index (κ1) is 19.8. The molecule has 3 aromatic rings. The van der Waals surface area contributed by atoms with Gasteiger partial charge in [-0.1, -0.05) is 54.6 Å². The molecular formula is C24H27N2O2S+. The highest BCUT2D eigenvalue weighted by atomic mass is 32.1. The van der Waals surface area contributed by atoms with Gasteiger partial charge in [0.1, 0.15) is 19.2 Å². The molecule has 1 aliphatic rings. The number of hydrogen-bond acceptors (Lipinski definition) is 3. The average Bonchev–Trinajstić information content (AvgIpc) is 3.43. The summed E-state index contributed by atoms with van der Waals surface area (Å²) in [6.07, 6.45) is 2.47. The fraction of sp³-hybridized carbons (Fsp3) is 0.292. The van der Waals surface area contributed by atoms with Crippen LogP contribution in [0.15, 0.2) is 72.1 Å². The van der Waals surface area contributed by atoms with Gasteiger partial charge in [0.15, 0.2) is 6.54 Å². The van der Waals surface area contributed by atoms with E-state index < -0.39 is 0 Å². The Labute approximate surface area is 176 Å². The number of carbonyl (C=O) groups excluding carboxylic acids is 1. The Morgan fingerprint density at radius 1 is 1.07 bits per heavy atom. The fourth-order valence-electron chi connectivity index (χ4n) is 3.88. The van der Waals surface area contributed by atoms with Gasteiger partial charge in [-0.15, -0.1) is 11.3 Å². The lowest BCUT2D eigenvalue weighted by Crippen LogP contribution is -3.12. The summed E-state index contributed by atoms with van der Waals surface area (Å²) in [5, 5.41) is 5.24. The number of anilines is 1. The van der Waals surface area contributed by atoms with Crippen LogP contribution in [0.2, 0.25) is 0 Å². The Bertz CT molecular complexity index is 906. The van der Waals surface area contributed by atoms with Gasteiger partial charge < -0.3 is 15.0 Å².